The first-order valence-electron chi connectivity index (χ1n) is 10.6. The molecular formula is C22H38N4O. The molecule has 1 heterocycles. The summed E-state index contributed by atoms with van der Waals surface area (Å²) in [5.74, 6) is 1.03. The van der Waals surface area contributed by atoms with Crippen molar-refractivity contribution in [3.8, 4) is 0 Å². The van der Waals surface area contributed by atoms with Crippen LogP contribution in [0, 0.1) is 0 Å². The Balaban J connectivity index is 1.92. The van der Waals surface area contributed by atoms with E-state index in [1.807, 2.05) is 0 Å². The molecule has 0 unspecified atom stereocenters. The zero-order chi connectivity index (χ0) is 19.5. The van der Waals surface area contributed by atoms with Crippen LogP contribution in [0.3, 0.4) is 0 Å². The molecule has 1 fully saturated rings. The summed E-state index contributed by atoms with van der Waals surface area (Å²) in [6.45, 7) is 16.3. The molecule has 0 saturated carbocycles. The van der Waals surface area contributed by atoms with E-state index in [4.69, 9.17) is 9.73 Å². The van der Waals surface area contributed by atoms with Gasteiger partial charge in [0.05, 0.1) is 12.6 Å². The van der Waals surface area contributed by atoms with Gasteiger partial charge < -0.3 is 15.0 Å². The fourth-order valence-corrected chi connectivity index (χ4v) is 3.52. The number of benzene rings is 1. The topological polar surface area (TPSA) is 40.1 Å². The summed E-state index contributed by atoms with van der Waals surface area (Å²) >= 11 is 0. The average molecular weight is 375 g/mol. The largest absolute Gasteiger partial charge is 0.378 e. The van der Waals surface area contributed by atoms with Crippen LogP contribution in [0.25, 0.3) is 0 Å². The van der Waals surface area contributed by atoms with Gasteiger partial charge in [-0.2, -0.15) is 0 Å². The summed E-state index contributed by atoms with van der Waals surface area (Å²) in [6, 6.07) is 8.91. The van der Waals surface area contributed by atoms with Crippen molar-refractivity contribution in [2.75, 3.05) is 39.3 Å². The van der Waals surface area contributed by atoms with Crippen LogP contribution in [0.15, 0.2) is 29.3 Å². The third-order valence-electron chi connectivity index (χ3n) is 5.21. The number of likely N-dealkylation sites (tertiary alicyclic amines) is 1. The van der Waals surface area contributed by atoms with E-state index in [2.05, 4.69) is 67.1 Å². The van der Waals surface area contributed by atoms with Gasteiger partial charge in [-0.1, -0.05) is 38.1 Å². The van der Waals surface area contributed by atoms with Crippen molar-refractivity contribution >= 4 is 5.96 Å². The smallest absolute Gasteiger partial charge is 0.194 e. The number of rotatable bonds is 9. The van der Waals surface area contributed by atoms with Gasteiger partial charge in [0.1, 0.15) is 0 Å². The van der Waals surface area contributed by atoms with Crippen molar-refractivity contribution in [2.24, 2.45) is 4.99 Å². The van der Waals surface area contributed by atoms with Crippen LogP contribution in [0.5, 0.6) is 0 Å². The third kappa shape index (κ3) is 7.15. The first-order chi connectivity index (χ1) is 13.2. The number of hydrogen-bond donors (Lipinski definition) is 1. The molecule has 0 radical (unpaired) electrons. The molecule has 1 N–H and O–H groups in total. The molecule has 1 saturated heterocycles. The Morgan fingerprint density at radius 2 is 1.70 bits per heavy atom. The summed E-state index contributed by atoms with van der Waals surface area (Å²) in [5.41, 5.74) is 2.63. The number of piperidine rings is 1. The summed E-state index contributed by atoms with van der Waals surface area (Å²) in [5, 5.41) is 3.45. The second-order valence-corrected chi connectivity index (χ2v) is 7.09. The summed E-state index contributed by atoms with van der Waals surface area (Å²) in [7, 11) is 0. The highest BCUT2D eigenvalue weighted by molar-refractivity contribution is 5.80. The minimum Gasteiger partial charge on any atom is -0.378 e. The maximum atomic E-state index is 5.76. The van der Waals surface area contributed by atoms with Crippen molar-refractivity contribution in [3.05, 3.63) is 35.4 Å². The van der Waals surface area contributed by atoms with E-state index in [9.17, 15) is 0 Å². The minimum absolute atomic E-state index is 0.410. The molecule has 5 heteroatoms. The molecule has 0 spiro atoms. The minimum atomic E-state index is 0.410. The molecule has 1 aliphatic heterocycles. The lowest BCUT2D eigenvalue weighted by Gasteiger charge is -2.34. The molecule has 0 bridgehead atoms. The Morgan fingerprint density at radius 1 is 1.07 bits per heavy atom. The Kier molecular flexibility index (Phi) is 9.64. The molecule has 0 atom stereocenters. The highest BCUT2D eigenvalue weighted by atomic mass is 16.5. The highest BCUT2D eigenvalue weighted by Crippen LogP contribution is 2.14. The van der Waals surface area contributed by atoms with Gasteiger partial charge in [0, 0.05) is 32.8 Å². The van der Waals surface area contributed by atoms with Crippen molar-refractivity contribution in [2.45, 2.75) is 59.7 Å². The number of ether oxygens (including phenoxy) is 1. The average Bonchev–Trinajstić information content (AvgIpc) is 2.71. The molecular weight excluding hydrogens is 336 g/mol. The maximum absolute atomic E-state index is 5.76. The van der Waals surface area contributed by atoms with Gasteiger partial charge in [0.25, 0.3) is 0 Å². The zero-order valence-corrected chi connectivity index (χ0v) is 17.7. The van der Waals surface area contributed by atoms with Crippen LogP contribution in [0.4, 0.5) is 0 Å². The van der Waals surface area contributed by atoms with E-state index in [1.165, 1.54) is 11.1 Å². The summed E-state index contributed by atoms with van der Waals surface area (Å²) in [4.78, 5) is 9.68. The van der Waals surface area contributed by atoms with E-state index in [1.54, 1.807) is 0 Å². The lowest BCUT2D eigenvalue weighted by atomic mass is 10.1. The first-order valence-corrected chi connectivity index (χ1v) is 10.6. The molecule has 27 heavy (non-hydrogen) atoms. The van der Waals surface area contributed by atoms with Gasteiger partial charge in [-0.3, -0.25) is 4.90 Å². The Bertz CT molecular complexity index is 546. The van der Waals surface area contributed by atoms with Crippen molar-refractivity contribution < 1.29 is 4.74 Å². The van der Waals surface area contributed by atoms with Crippen molar-refractivity contribution in [3.63, 3.8) is 0 Å². The first kappa shape index (κ1) is 21.7. The number of hydrogen-bond acceptors (Lipinski definition) is 3. The van der Waals surface area contributed by atoms with Crippen LogP contribution in [-0.4, -0.2) is 61.2 Å². The third-order valence-corrected chi connectivity index (χ3v) is 5.21. The molecule has 1 aliphatic rings. The normalized spacial score (nSPS) is 16.2. The summed E-state index contributed by atoms with van der Waals surface area (Å²) < 4.78 is 5.76. The quantitative estimate of drug-likeness (QED) is 0.530. The molecule has 0 aromatic heterocycles. The maximum Gasteiger partial charge on any atom is 0.194 e. The van der Waals surface area contributed by atoms with E-state index < -0.39 is 0 Å². The fraction of sp³-hybridized carbons (Fsp3) is 0.682. The second-order valence-electron chi connectivity index (χ2n) is 7.09. The van der Waals surface area contributed by atoms with Crippen LogP contribution < -0.4 is 5.32 Å². The van der Waals surface area contributed by atoms with Crippen LogP contribution in [0.1, 0.15) is 51.7 Å². The molecule has 5 nitrogen and oxygen atoms in total. The van der Waals surface area contributed by atoms with Gasteiger partial charge in [0.2, 0.25) is 0 Å². The van der Waals surface area contributed by atoms with Gasteiger partial charge in [-0.05, 0) is 50.9 Å². The predicted molar refractivity (Wildman–Crippen MR) is 114 cm³/mol. The molecule has 0 amide bonds. The summed E-state index contributed by atoms with van der Waals surface area (Å²) in [6.07, 6.45) is 2.57. The number of nitrogens with zero attached hydrogens (tertiary/aromatic N) is 3. The predicted octanol–water partition coefficient (Wildman–Crippen LogP) is 3.49. The standard InChI is InChI=1S/C22H38N4O/c1-5-23-22(26-15-13-21(14-16-26)27-8-4)24-17-19-9-11-20(12-10-19)18-25(6-2)7-3/h9-12,21H,5-8,13-18H2,1-4H3,(H,23,24). The zero-order valence-electron chi connectivity index (χ0n) is 17.7. The molecule has 2 rings (SSSR count). The van der Waals surface area contributed by atoms with E-state index >= 15 is 0 Å². The SMILES string of the molecule is CCNC(=NCc1ccc(CN(CC)CC)cc1)N1CCC(OCC)CC1. The Morgan fingerprint density at radius 3 is 2.26 bits per heavy atom. The van der Waals surface area contributed by atoms with Crippen molar-refractivity contribution in [1.29, 1.82) is 0 Å². The van der Waals surface area contributed by atoms with E-state index in [-0.39, 0.29) is 0 Å². The Hall–Kier alpha value is -1.59. The molecule has 0 aliphatic carbocycles. The lowest BCUT2D eigenvalue weighted by molar-refractivity contribution is 0.0263. The fourth-order valence-electron chi connectivity index (χ4n) is 3.52. The lowest BCUT2D eigenvalue weighted by Crippen LogP contribution is -2.47. The van der Waals surface area contributed by atoms with Crippen LogP contribution >= 0.6 is 0 Å². The second kappa shape index (κ2) is 12.0. The van der Waals surface area contributed by atoms with Crippen LogP contribution in [-0.2, 0) is 17.8 Å². The number of aliphatic imine (C=N–C) groups is 1. The van der Waals surface area contributed by atoms with E-state index in [0.717, 1.165) is 71.2 Å². The Labute approximate surface area is 165 Å². The van der Waals surface area contributed by atoms with Gasteiger partial charge in [-0.15, -0.1) is 0 Å². The molecule has 152 valence electrons. The van der Waals surface area contributed by atoms with Gasteiger partial charge in [-0.25, -0.2) is 4.99 Å². The van der Waals surface area contributed by atoms with E-state index in [0.29, 0.717) is 6.10 Å². The van der Waals surface area contributed by atoms with Crippen molar-refractivity contribution in [1.82, 2.24) is 15.1 Å². The monoisotopic (exact) mass is 374 g/mol. The van der Waals surface area contributed by atoms with Gasteiger partial charge in [0.15, 0.2) is 5.96 Å². The molecule has 1 aromatic rings. The van der Waals surface area contributed by atoms with Gasteiger partial charge >= 0.3 is 0 Å². The number of guanidine groups is 1. The molecule has 1 aromatic carbocycles. The van der Waals surface area contributed by atoms with Crippen LogP contribution in [0.2, 0.25) is 0 Å². The number of nitrogens with one attached hydrogen (secondary N) is 1. The highest BCUT2D eigenvalue weighted by Gasteiger charge is 2.21.